The third-order valence-electron chi connectivity index (χ3n) is 7.38. The lowest BCUT2D eigenvalue weighted by Crippen LogP contribution is -2.41. The second-order valence-corrected chi connectivity index (χ2v) is 12.4. The first-order valence-corrected chi connectivity index (χ1v) is 13.8. The van der Waals surface area contributed by atoms with Gasteiger partial charge in [0.05, 0.1) is 11.5 Å². The maximum Gasteiger partial charge on any atom is 0.391 e. The normalized spacial score (nSPS) is 24.2. The molecule has 1 amide bonds. The Hall–Kier alpha value is -2.89. The zero-order valence-electron chi connectivity index (χ0n) is 20.9. The summed E-state index contributed by atoms with van der Waals surface area (Å²) in [4.78, 5) is 33.7. The Bertz CT molecular complexity index is 1330. The Morgan fingerprint density at radius 2 is 1.84 bits per heavy atom. The number of halogens is 3. The van der Waals surface area contributed by atoms with E-state index in [0.717, 1.165) is 12.5 Å². The molecule has 2 N–H and O–H groups in total. The Balaban J connectivity index is 1.68. The summed E-state index contributed by atoms with van der Waals surface area (Å²) in [7, 11) is -4.46. The summed E-state index contributed by atoms with van der Waals surface area (Å²) in [5, 5.41) is 0. The van der Waals surface area contributed by atoms with Crippen LogP contribution >= 0.6 is 0 Å². The molecule has 12 heteroatoms. The molecular formula is C25H31F3N4O4S. The van der Waals surface area contributed by atoms with Gasteiger partial charge in [0.25, 0.3) is 21.5 Å². The highest BCUT2D eigenvalue weighted by molar-refractivity contribution is 7.90. The Labute approximate surface area is 213 Å². The fraction of sp³-hybridized carbons (Fsp3) is 0.560. The lowest BCUT2D eigenvalue weighted by Gasteiger charge is -2.35. The monoisotopic (exact) mass is 540 g/mol. The van der Waals surface area contributed by atoms with E-state index in [0.29, 0.717) is 30.9 Å². The van der Waals surface area contributed by atoms with Crippen molar-refractivity contribution in [3.05, 3.63) is 52.1 Å². The van der Waals surface area contributed by atoms with Gasteiger partial charge in [-0.15, -0.1) is 0 Å². The third kappa shape index (κ3) is 5.68. The topological polar surface area (TPSA) is 112 Å². The van der Waals surface area contributed by atoms with Gasteiger partial charge >= 0.3 is 6.18 Å². The molecule has 2 aromatic rings. The lowest BCUT2D eigenvalue weighted by molar-refractivity contribution is -0.182. The van der Waals surface area contributed by atoms with Crippen LogP contribution < -0.4 is 15.2 Å². The molecule has 1 aliphatic carbocycles. The number of aromatic amines is 1. The van der Waals surface area contributed by atoms with E-state index in [2.05, 4.69) is 11.9 Å². The molecule has 0 unspecified atom stereocenters. The number of aromatic nitrogens is 2. The number of H-pyrrole nitrogens is 1. The molecule has 1 atom stereocenters. The molecular weight excluding hydrogens is 509 g/mol. The fourth-order valence-corrected chi connectivity index (χ4v) is 6.62. The summed E-state index contributed by atoms with van der Waals surface area (Å²) in [6, 6.07) is 5.50. The molecule has 0 bridgehead atoms. The van der Waals surface area contributed by atoms with Crippen LogP contribution in [0.5, 0.6) is 0 Å². The van der Waals surface area contributed by atoms with E-state index in [9.17, 15) is 31.2 Å². The number of rotatable bonds is 5. The average molecular weight is 541 g/mol. The van der Waals surface area contributed by atoms with Crippen LogP contribution in [0.25, 0.3) is 0 Å². The average Bonchev–Trinajstić information content (AvgIpc) is 3.09. The summed E-state index contributed by atoms with van der Waals surface area (Å²) in [5.74, 6) is -1.87. The number of nitrogens with one attached hydrogen (secondary N) is 2. The van der Waals surface area contributed by atoms with E-state index in [-0.39, 0.29) is 35.8 Å². The lowest BCUT2D eigenvalue weighted by atomic mass is 9.80. The van der Waals surface area contributed by atoms with E-state index in [1.807, 2.05) is 23.5 Å². The highest BCUT2D eigenvalue weighted by Gasteiger charge is 2.43. The predicted octanol–water partition coefficient (Wildman–Crippen LogP) is 4.35. The van der Waals surface area contributed by atoms with Crippen molar-refractivity contribution in [3.63, 3.8) is 0 Å². The van der Waals surface area contributed by atoms with Crippen LogP contribution in [0.2, 0.25) is 0 Å². The smallest absolute Gasteiger partial charge is 0.351 e. The van der Waals surface area contributed by atoms with Crippen LogP contribution in [-0.2, 0) is 10.0 Å². The van der Waals surface area contributed by atoms with Crippen LogP contribution in [0.3, 0.4) is 0 Å². The minimum absolute atomic E-state index is 0.0174. The highest BCUT2D eigenvalue weighted by atomic mass is 32.2. The van der Waals surface area contributed by atoms with Gasteiger partial charge in [0.1, 0.15) is 5.82 Å². The van der Waals surface area contributed by atoms with Crippen LogP contribution in [-0.4, -0.2) is 42.6 Å². The van der Waals surface area contributed by atoms with Crippen LogP contribution in [0, 0.1) is 11.8 Å². The number of alkyl halides is 3. The first-order valence-electron chi connectivity index (χ1n) is 12.3. The number of amides is 1. The van der Waals surface area contributed by atoms with Gasteiger partial charge in [-0.25, -0.2) is 18.1 Å². The molecule has 202 valence electrons. The number of carbonyl (C=O) groups excluding carboxylic acids is 1. The van der Waals surface area contributed by atoms with Crippen molar-refractivity contribution in [3.8, 4) is 0 Å². The van der Waals surface area contributed by atoms with E-state index in [4.69, 9.17) is 4.98 Å². The summed E-state index contributed by atoms with van der Waals surface area (Å²) in [5.41, 5.74) is -0.639. The quantitative estimate of drug-likeness (QED) is 0.583. The number of hydrogen-bond acceptors (Lipinski definition) is 6. The zero-order chi connectivity index (χ0) is 27.2. The molecule has 0 aromatic carbocycles. The Kier molecular flexibility index (Phi) is 7.17. The maximum absolute atomic E-state index is 13.3. The molecule has 37 heavy (non-hydrogen) atoms. The molecule has 2 aromatic heterocycles. The molecule has 1 aliphatic heterocycles. The third-order valence-corrected chi connectivity index (χ3v) is 8.73. The molecule has 0 radical (unpaired) electrons. The van der Waals surface area contributed by atoms with Gasteiger partial charge in [0.15, 0.2) is 4.90 Å². The number of hydrogen-bond donors (Lipinski definition) is 2. The van der Waals surface area contributed by atoms with Crippen molar-refractivity contribution in [2.45, 2.75) is 75.4 Å². The predicted molar refractivity (Wildman–Crippen MR) is 132 cm³/mol. The SMILES string of the molecule is C[C@@H]1CN(c2nc([C@H]3CC[C@H](C(F)(F)F)CC3)ccc2C(=O)NS(=O)(=O)c2ccc[nH]c2=O)C(C)(C)C1. The zero-order valence-corrected chi connectivity index (χ0v) is 21.7. The molecule has 0 spiro atoms. The standard InChI is InChI=1S/C25H31F3N4O4S/c1-15-13-24(2,3)32(14-15)21-18(22(33)31-37(35,36)20-5-4-12-29-23(20)34)10-11-19(30-21)16-6-8-17(9-7-16)25(26,27)28/h4-5,10-12,15-17H,6-9,13-14H2,1-3H3,(H,29,34)(H,31,33)/t15-,16-,17-/m0/s1. The summed E-state index contributed by atoms with van der Waals surface area (Å²) in [6.45, 7) is 6.65. The van der Waals surface area contributed by atoms with Crippen LogP contribution in [0.15, 0.2) is 40.2 Å². The largest absolute Gasteiger partial charge is 0.391 e. The number of pyridine rings is 2. The highest BCUT2D eigenvalue weighted by Crippen LogP contribution is 2.44. The first-order chi connectivity index (χ1) is 17.2. The molecule has 2 aliphatic rings. The van der Waals surface area contributed by atoms with E-state index in [1.165, 1.54) is 18.3 Å². The Morgan fingerprint density at radius 1 is 1.16 bits per heavy atom. The van der Waals surface area contributed by atoms with E-state index >= 15 is 0 Å². The molecule has 2 fully saturated rings. The summed E-state index contributed by atoms with van der Waals surface area (Å²) >= 11 is 0. The van der Waals surface area contributed by atoms with Gasteiger partial charge in [-0.2, -0.15) is 13.2 Å². The molecule has 4 rings (SSSR count). The summed E-state index contributed by atoms with van der Waals surface area (Å²) < 4.78 is 67.0. The van der Waals surface area contributed by atoms with Gasteiger partial charge < -0.3 is 9.88 Å². The van der Waals surface area contributed by atoms with E-state index in [1.54, 1.807) is 6.07 Å². The number of carbonyl (C=O) groups is 1. The minimum atomic E-state index is -4.46. The number of sulfonamides is 1. The fourth-order valence-electron chi connectivity index (χ4n) is 5.60. The molecule has 1 saturated heterocycles. The molecule has 1 saturated carbocycles. The van der Waals surface area contributed by atoms with Crippen molar-refractivity contribution in [2.24, 2.45) is 11.8 Å². The van der Waals surface area contributed by atoms with Crippen LogP contribution in [0.1, 0.15) is 74.8 Å². The van der Waals surface area contributed by atoms with Gasteiger partial charge in [-0.05, 0) is 76.1 Å². The first kappa shape index (κ1) is 27.2. The number of nitrogens with zero attached hydrogens (tertiary/aromatic N) is 2. The van der Waals surface area contributed by atoms with Gasteiger partial charge in [-0.3, -0.25) is 9.59 Å². The van der Waals surface area contributed by atoms with Crippen molar-refractivity contribution >= 4 is 21.7 Å². The van der Waals surface area contributed by atoms with Gasteiger partial charge in [-0.1, -0.05) is 6.92 Å². The van der Waals surface area contributed by atoms with Crippen molar-refractivity contribution < 1.29 is 26.4 Å². The van der Waals surface area contributed by atoms with Crippen molar-refractivity contribution in [1.82, 2.24) is 14.7 Å². The van der Waals surface area contributed by atoms with Gasteiger partial charge in [0, 0.05) is 29.9 Å². The maximum atomic E-state index is 13.3. The van der Waals surface area contributed by atoms with Crippen molar-refractivity contribution in [2.75, 3.05) is 11.4 Å². The second kappa shape index (κ2) is 9.77. The summed E-state index contributed by atoms with van der Waals surface area (Å²) in [6.07, 6.45) is -1.43. The second-order valence-electron chi connectivity index (χ2n) is 10.7. The Morgan fingerprint density at radius 3 is 2.41 bits per heavy atom. The molecule has 8 nitrogen and oxygen atoms in total. The minimum Gasteiger partial charge on any atom is -0.351 e. The van der Waals surface area contributed by atoms with Crippen molar-refractivity contribution in [1.29, 1.82) is 0 Å². The molecule has 3 heterocycles. The van der Waals surface area contributed by atoms with Crippen LogP contribution in [0.4, 0.5) is 19.0 Å². The van der Waals surface area contributed by atoms with E-state index < -0.39 is 38.5 Å². The number of anilines is 1. The van der Waals surface area contributed by atoms with Gasteiger partial charge in [0.2, 0.25) is 0 Å².